The Labute approximate surface area is 248 Å². The molecule has 0 saturated carbocycles. The van der Waals surface area contributed by atoms with E-state index in [0.717, 1.165) is 46.5 Å². The van der Waals surface area contributed by atoms with E-state index in [-0.39, 0.29) is 11.5 Å². The second-order valence-electron chi connectivity index (χ2n) is 13.8. The molecule has 10 heteroatoms. The van der Waals surface area contributed by atoms with Gasteiger partial charge < -0.3 is 0 Å². The molecule has 2 aliphatic carbocycles. The van der Waals surface area contributed by atoms with Crippen LogP contribution >= 0.6 is 0 Å². The van der Waals surface area contributed by atoms with E-state index < -0.39 is 46.0 Å². The second kappa shape index (κ2) is 8.88. The number of rotatable bonds is 6. The molecule has 2 unspecified atom stereocenters. The summed E-state index contributed by atoms with van der Waals surface area (Å²) in [5, 5.41) is 0. The van der Waals surface area contributed by atoms with E-state index in [4.69, 9.17) is 5.63 Å². The van der Waals surface area contributed by atoms with Gasteiger partial charge in [0.15, 0.2) is 0 Å². The van der Waals surface area contributed by atoms with Crippen LogP contribution in [0.15, 0.2) is 109 Å². The molecule has 44 heavy (non-hydrogen) atoms. The van der Waals surface area contributed by atoms with E-state index in [1.807, 2.05) is 82.1 Å². The van der Waals surface area contributed by atoms with Crippen molar-refractivity contribution in [2.24, 2.45) is 0 Å². The standard InChI is InChI=1S/2C9H7.2C7H5F3O.2CH3.H2Si.Zr/c2*1-2-5-9-7-3-6-8(9)4-1;2*8-7(9,10)5-1-3-6(11)4-2-5;;;;/h2*1-7H;2*1-4,11H;2*1H3;1H2;/q;;;;;;;+2/p-2. The van der Waals surface area contributed by atoms with Gasteiger partial charge in [-0.25, -0.2) is 0 Å². The Morgan fingerprint density at radius 1 is 0.545 bits per heavy atom. The van der Waals surface area contributed by atoms with Gasteiger partial charge in [-0.15, -0.1) is 0 Å². The molecule has 0 fully saturated rings. The van der Waals surface area contributed by atoms with Gasteiger partial charge in [-0.05, 0) is 0 Å². The number of fused-ring (bicyclic) bond motifs is 2. The summed E-state index contributed by atoms with van der Waals surface area (Å²) >= 11 is -6.85. The number of benzene rings is 4. The quantitative estimate of drug-likeness (QED) is 0.147. The molecule has 0 bridgehead atoms. The monoisotopic (exact) mass is 702 g/mol. The average Bonchev–Trinajstić information content (AvgIpc) is 3.59. The molecule has 2 atom stereocenters. The van der Waals surface area contributed by atoms with Crippen LogP contribution < -0.4 is 5.63 Å². The van der Waals surface area contributed by atoms with Crippen LogP contribution in [-0.4, -0.2) is 6.88 Å². The van der Waals surface area contributed by atoms with Gasteiger partial charge in [-0.3, -0.25) is 0 Å². The fourth-order valence-electron chi connectivity index (χ4n) is 7.46. The van der Waals surface area contributed by atoms with Crippen molar-refractivity contribution in [3.05, 3.63) is 143 Å². The summed E-state index contributed by atoms with van der Waals surface area (Å²) in [6.45, 7) is 1.61. The normalized spacial score (nSPS) is 20.1. The van der Waals surface area contributed by atoms with Crippen molar-refractivity contribution < 1.29 is 47.3 Å². The first kappa shape index (κ1) is 30.7. The molecule has 2 nitrogen and oxygen atoms in total. The molecular weight excluding hydrogens is 674 g/mol. The molecule has 2 aliphatic rings. The summed E-state index contributed by atoms with van der Waals surface area (Å²) in [7, 11) is 0. The van der Waals surface area contributed by atoms with Crippen LogP contribution in [0.25, 0.3) is 12.2 Å². The number of alkyl halides is 6. The molecule has 0 aromatic heterocycles. The molecule has 4 aromatic rings. The third kappa shape index (κ3) is 4.64. The van der Waals surface area contributed by atoms with Gasteiger partial charge in [0.2, 0.25) is 0 Å². The average molecular weight is 704 g/mol. The first-order valence-electron chi connectivity index (χ1n) is 14.2. The Bertz CT molecular complexity index is 1840. The van der Waals surface area contributed by atoms with Gasteiger partial charge in [0.25, 0.3) is 0 Å². The van der Waals surface area contributed by atoms with Crippen molar-refractivity contribution >= 4 is 19.0 Å². The van der Waals surface area contributed by atoms with E-state index in [1.54, 1.807) is 6.88 Å². The van der Waals surface area contributed by atoms with Crippen LogP contribution in [0, 0.1) is 0 Å². The minimum atomic E-state index is -6.85. The molecule has 0 heterocycles. The third-order valence-corrected chi connectivity index (χ3v) is 37.0. The topological polar surface area (TPSA) is 18.5 Å². The number of allylic oxidation sites excluding steroid dienone is 2. The van der Waals surface area contributed by atoms with E-state index in [9.17, 15) is 26.3 Å². The summed E-state index contributed by atoms with van der Waals surface area (Å²) in [6, 6.07) is 24.6. The van der Waals surface area contributed by atoms with Crippen molar-refractivity contribution in [1.29, 1.82) is 0 Å². The van der Waals surface area contributed by atoms with Gasteiger partial charge in [0.1, 0.15) is 0 Å². The van der Waals surface area contributed by atoms with Crippen LogP contribution in [0.5, 0.6) is 11.5 Å². The first-order chi connectivity index (χ1) is 20.4. The Kier molecular flexibility index (Phi) is 6.19. The Hall–Kier alpha value is -3.36. The zero-order valence-corrected chi connectivity index (χ0v) is 27.9. The zero-order valence-electron chi connectivity index (χ0n) is 24.0. The molecule has 0 spiro atoms. The molecule has 0 radical (unpaired) electrons. The van der Waals surface area contributed by atoms with Crippen LogP contribution in [0.1, 0.15) is 40.6 Å². The third-order valence-electron chi connectivity index (χ3n) is 9.62. The van der Waals surface area contributed by atoms with E-state index in [0.29, 0.717) is 0 Å². The predicted octanol–water partition coefficient (Wildman–Crippen LogP) is 9.95. The van der Waals surface area contributed by atoms with Crippen molar-refractivity contribution in [3.63, 3.8) is 0 Å². The van der Waals surface area contributed by atoms with Crippen LogP contribution in [0.4, 0.5) is 26.3 Å². The summed E-state index contributed by atoms with van der Waals surface area (Å²) in [4.78, 5) is 0. The van der Waals surface area contributed by atoms with E-state index in [2.05, 4.69) is 0 Å². The maximum absolute atomic E-state index is 13.6. The van der Waals surface area contributed by atoms with Crippen molar-refractivity contribution in [1.82, 2.24) is 0 Å². The van der Waals surface area contributed by atoms with Crippen molar-refractivity contribution in [2.75, 3.05) is 0 Å². The summed E-state index contributed by atoms with van der Waals surface area (Å²) in [5.41, 5.74) is 2.03. The molecule has 0 N–H and O–H groups in total. The molecule has 0 aliphatic heterocycles. The van der Waals surface area contributed by atoms with Gasteiger partial charge >= 0.3 is 249 Å². The molecule has 0 saturated heterocycles. The maximum atomic E-state index is 13.6. The zero-order chi connectivity index (χ0) is 31.7. The fourth-order valence-corrected chi connectivity index (χ4v) is 33.5. The molecule has 6 rings (SSSR count). The van der Waals surface area contributed by atoms with Crippen LogP contribution in [0.3, 0.4) is 0 Å². The molecule has 228 valence electrons. The Morgan fingerprint density at radius 2 is 0.886 bits per heavy atom. The SMILES string of the molecule is [CH3][Zr]([CH3])(=[SiH2])([O]c1ccc(C(F)(F)F)cc1)([O]c1ccc(C(F)(F)F)cc1)([CH]1C=Cc2ccccc21)[CH]1C=Cc2ccccc21. The molecular formula is C34H30F6O2SiZr. The van der Waals surface area contributed by atoms with Crippen molar-refractivity contribution in [2.45, 2.75) is 28.9 Å². The van der Waals surface area contributed by atoms with E-state index in [1.165, 1.54) is 24.3 Å². The van der Waals surface area contributed by atoms with Crippen LogP contribution in [-0.2, 0) is 27.7 Å². The van der Waals surface area contributed by atoms with Crippen molar-refractivity contribution in [3.8, 4) is 11.5 Å². The van der Waals surface area contributed by atoms with Crippen LogP contribution in [0.2, 0.25) is 9.26 Å². The number of hydrogen-bond donors (Lipinski definition) is 0. The summed E-state index contributed by atoms with van der Waals surface area (Å²) in [5.74, 6) is 0.338. The number of hydrogen-bond acceptors (Lipinski definition) is 2. The summed E-state index contributed by atoms with van der Waals surface area (Å²) < 4.78 is 99.0. The minimum absolute atomic E-state index is 0.169. The second-order valence-corrected chi connectivity index (χ2v) is 57.0. The van der Waals surface area contributed by atoms with Gasteiger partial charge in [-0.1, -0.05) is 0 Å². The van der Waals surface area contributed by atoms with Gasteiger partial charge in [0, 0.05) is 0 Å². The number of halogens is 6. The van der Waals surface area contributed by atoms with Gasteiger partial charge in [0.05, 0.1) is 0 Å². The Morgan fingerprint density at radius 3 is 1.23 bits per heavy atom. The summed E-state index contributed by atoms with van der Waals surface area (Å²) in [6.07, 6.45) is -1.11. The fraction of sp³-hybridized carbons (Fsp3) is 0.176. The first-order valence-corrected chi connectivity index (χ1v) is 29.8. The Balaban J connectivity index is 1.68. The molecule has 4 aromatic carbocycles. The van der Waals surface area contributed by atoms with Gasteiger partial charge in [-0.2, -0.15) is 0 Å². The molecule has 0 amide bonds. The van der Waals surface area contributed by atoms with E-state index >= 15 is 0 Å². The predicted molar refractivity (Wildman–Crippen MR) is 161 cm³/mol.